The quantitative estimate of drug-likeness (QED) is 0.525. The summed E-state index contributed by atoms with van der Waals surface area (Å²) in [5, 5.41) is 0. The van der Waals surface area contributed by atoms with Gasteiger partial charge in [-0.3, -0.25) is 0 Å². The van der Waals surface area contributed by atoms with Crippen molar-refractivity contribution in [2.75, 3.05) is 0 Å². The molecule has 0 heterocycles. The number of hydrogen-bond donors (Lipinski definition) is 0. The molecule has 0 spiro atoms. The SMILES string of the molecule is [O]=[Mn][Mo]=[O]. The van der Waals surface area contributed by atoms with Gasteiger partial charge in [0.25, 0.3) is 0 Å². The van der Waals surface area contributed by atoms with E-state index in [1.165, 1.54) is 0 Å². The summed E-state index contributed by atoms with van der Waals surface area (Å²) in [5.74, 6) is 0. The van der Waals surface area contributed by atoms with E-state index < -0.39 is 28.7 Å². The van der Waals surface area contributed by atoms with Crippen LogP contribution in [0.15, 0.2) is 0 Å². The second-order valence-corrected chi connectivity index (χ2v) is 3.07. The molecular formula is MnMoO2. The molecule has 0 amide bonds. The van der Waals surface area contributed by atoms with Crippen molar-refractivity contribution < 1.29 is 35.9 Å². The molecule has 0 bridgehead atoms. The van der Waals surface area contributed by atoms with Crippen molar-refractivity contribution in [3.05, 3.63) is 0 Å². The van der Waals surface area contributed by atoms with Crippen LogP contribution >= 0.6 is 0 Å². The van der Waals surface area contributed by atoms with E-state index in [-0.39, 0.29) is 0 Å². The van der Waals surface area contributed by atoms with E-state index in [1.807, 2.05) is 0 Å². The Morgan fingerprint density at radius 1 is 1.75 bits per heavy atom. The standard InChI is InChI=1S/Mn.Mo.2O. The Balaban J connectivity index is 2.73. The molecule has 0 saturated heterocycles. The fourth-order valence-corrected chi connectivity index (χ4v) is 0. The molecule has 2 nitrogen and oxygen atoms in total. The molecule has 0 aliphatic rings. The van der Waals surface area contributed by atoms with Crippen LogP contribution in [0.25, 0.3) is 0 Å². The Morgan fingerprint density at radius 2 is 2.00 bits per heavy atom. The van der Waals surface area contributed by atoms with Crippen LogP contribution in [0.1, 0.15) is 0 Å². The van der Waals surface area contributed by atoms with E-state index in [0.29, 0.717) is 0 Å². The van der Waals surface area contributed by atoms with Crippen molar-refractivity contribution in [3.63, 3.8) is 0 Å². The minimum atomic E-state index is -1.29. The van der Waals surface area contributed by atoms with Crippen LogP contribution in [0.3, 0.4) is 0 Å². The van der Waals surface area contributed by atoms with Crippen LogP contribution < -0.4 is 0 Å². The van der Waals surface area contributed by atoms with Crippen molar-refractivity contribution in [3.8, 4) is 0 Å². The van der Waals surface area contributed by atoms with Crippen molar-refractivity contribution in [2.24, 2.45) is 0 Å². The Kier molecular flexibility index (Phi) is 4.58. The Morgan fingerprint density at radius 3 is 2.00 bits per heavy atom. The summed E-state index contributed by atoms with van der Waals surface area (Å²) in [7, 11) is 0. The number of hydrogen-bond acceptors (Lipinski definition) is 2. The van der Waals surface area contributed by atoms with E-state index >= 15 is 0 Å². The fraction of sp³-hybridized carbons (Fsp3) is 0. The maximum absolute atomic E-state index is 9.13. The molecule has 25 valence electrons. The van der Waals surface area contributed by atoms with Crippen LogP contribution in [0.4, 0.5) is 0 Å². The first-order valence-corrected chi connectivity index (χ1v) is 5.39. The first-order valence-electron chi connectivity index (χ1n) is 0.475. The van der Waals surface area contributed by atoms with Crippen molar-refractivity contribution in [1.82, 2.24) is 0 Å². The van der Waals surface area contributed by atoms with E-state index in [0.717, 1.165) is 0 Å². The molecule has 4 heavy (non-hydrogen) atoms. The average molecular weight is 183 g/mol. The van der Waals surface area contributed by atoms with Crippen LogP contribution in [0, 0.1) is 0 Å². The molecule has 0 aliphatic heterocycles. The summed E-state index contributed by atoms with van der Waals surface area (Å²) >= 11 is -1.85. The van der Waals surface area contributed by atoms with Gasteiger partial charge in [-0.05, 0) is 0 Å². The summed E-state index contributed by atoms with van der Waals surface area (Å²) in [4.78, 5) is 0. The molecule has 0 unspecified atom stereocenters. The number of rotatable bonds is 1. The fourth-order valence-electron chi connectivity index (χ4n) is 0. The maximum atomic E-state index is 9.13. The van der Waals surface area contributed by atoms with E-state index in [4.69, 9.17) is 7.23 Å². The normalized spacial score (nSPS) is 6.00. The monoisotopic (exact) mass is 185 g/mol. The molecule has 0 fully saturated rings. The predicted octanol–water partition coefficient (Wildman–Crippen LogP) is -0.243. The summed E-state index contributed by atoms with van der Waals surface area (Å²) in [6.07, 6.45) is 0. The molecule has 0 radical (unpaired) electrons. The van der Waals surface area contributed by atoms with Crippen LogP contribution in [-0.2, 0) is 35.9 Å². The first-order chi connectivity index (χ1) is 1.91. The molecule has 4 heteroatoms. The van der Waals surface area contributed by atoms with Gasteiger partial charge in [-0.1, -0.05) is 0 Å². The third kappa shape index (κ3) is 2.81. The minimum absolute atomic E-state index is 0.558. The van der Waals surface area contributed by atoms with Gasteiger partial charge in [0, 0.05) is 0 Å². The van der Waals surface area contributed by atoms with Gasteiger partial charge in [-0.2, -0.15) is 0 Å². The Bertz CT molecular complexity index is 27.0. The van der Waals surface area contributed by atoms with Crippen LogP contribution in [-0.4, -0.2) is 0 Å². The van der Waals surface area contributed by atoms with Gasteiger partial charge in [0.2, 0.25) is 0 Å². The Labute approximate surface area is 36.2 Å². The average Bonchev–Trinajstić information content (AvgIpc) is 1.37. The predicted molar refractivity (Wildman–Crippen MR) is 1.37 cm³/mol. The molecule has 0 aromatic carbocycles. The summed E-state index contributed by atoms with van der Waals surface area (Å²) in [6.45, 7) is 0. The molecule has 0 aromatic rings. The zero-order valence-electron chi connectivity index (χ0n) is 1.60. The topological polar surface area (TPSA) is 34.1 Å². The zero-order valence-corrected chi connectivity index (χ0v) is 4.79. The molecule has 0 N–H and O–H groups in total. The van der Waals surface area contributed by atoms with Gasteiger partial charge >= 0.3 is 35.9 Å². The molecule has 0 aliphatic carbocycles. The third-order valence-corrected chi connectivity index (χ3v) is 0.627. The summed E-state index contributed by atoms with van der Waals surface area (Å²) in [5.41, 5.74) is 0. The second-order valence-electron chi connectivity index (χ2n) is 0.126. The van der Waals surface area contributed by atoms with Crippen molar-refractivity contribution in [2.45, 2.75) is 0 Å². The molecule has 0 saturated carbocycles. The van der Waals surface area contributed by atoms with Gasteiger partial charge in [0.1, 0.15) is 0 Å². The summed E-state index contributed by atoms with van der Waals surface area (Å²) in [6, 6.07) is 0. The van der Waals surface area contributed by atoms with Crippen LogP contribution in [0.2, 0.25) is 0 Å². The first kappa shape index (κ1) is 4.81. The molecule has 0 atom stereocenters. The third-order valence-electron chi connectivity index (χ3n) is 0.0257. The van der Waals surface area contributed by atoms with Gasteiger partial charge in [0.15, 0.2) is 0 Å². The van der Waals surface area contributed by atoms with E-state index in [9.17, 15) is 0 Å². The molecular weight excluding hydrogens is 183 g/mol. The van der Waals surface area contributed by atoms with Crippen LogP contribution in [0.5, 0.6) is 0 Å². The van der Waals surface area contributed by atoms with E-state index in [1.54, 1.807) is 0 Å². The van der Waals surface area contributed by atoms with Crippen molar-refractivity contribution in [1.29, 1.82) is 0 Å². The summed E-state index contributed by atoms with van der Waals surface area (Å²) < 4.78 is 18.2. The van der Waals surface area contributed by atoms with Gasteiger partial charge in [0.05, 0.1) is 0 Å². The van der Waals surface area contributed by atoms with Gasteiger partial charge in [-0.15, -0.1) is 0 Å². The second kappa shape index (κ2) is 3.81. The Hall–Kier alpha value is 0.808. The van der Waals surface area contributed by atoms with E-state index in [2.05, 4.69) is 0 Å². The molecule has 0 aromatic heterocycles. The molecule has 0 rings (SSSR count). The van der Waals surface area contributed by atoms with Gasteiger partial charge in [-0.25, -0.2) is 0 Å². The zero-order chi connectivity index (χ0) is 3.41. The van der Waals surface area contributed by atoms with Gasteiger partial charge < -0.3 is 0 Å². The van der Waals surface area contributed by atoms with Crippen molar-refractivity contribution >= 4 is 0 Å².